The van der Waals surface area contributed by atoms with Gasteiger partial charge in [-0.3, -0.25) is 9.48 Å². The second-order valence-electron chi connectivity index (χ2n) is 4.48. The van der Waals surface area contributed by atoms with Gasteiger partial charge in [0.15, 0.2) is 0 Å². The number of carbonyl (C=O) groups is 1. The average Bonchev–Trinajstić information content (AvgIpc) is 2.69. The van der Waals surface area contributed by atoms with Crippen molar-refractivity contribution < 1.29 is 4.79 Å². The maximum absolute atomic E-state index is 12.4. The minimum absolute atomic E-state index is 0.108. The van der Waals surface area contributed by atoms with Crippen LogP contribution in [0.25, 0.3) is 0 Å². The van der Waals surface area contributed by atoms with E-state index in [0.29, 0.717) is 10.5 Å². The van der Waals surface area contributed by atoms with Crippen LogP contribution in [-0.4, -0.2) is 38.5 Å². The van der Waals surface area contributed by atoms with Crippen LogP contribution in [0.5, 0.6) is 0 Å². The van der Waals surface area contributed by atoms with Gasteiger partial charge in [0.05, 0.1) is 5.69 Å². The summed E-state index contributed by atoms with van der Waals surface area (Å²) in [7, 11) is 0. The van der Waals surface area contributed by atoms with Gasteiger partial charge < -0.3 is 4.90 Å². The number of piperidine rings is 1. The van der Waals surface area contributed by atoms with Crippen molar-refractivity contribution in [3.05, 3.63) is 17.5 Å². The number of likely N-dealkylation sites (tertiary alicyclic amines) is 1. The topological polar surface area (TPSA) is 38.1 Å². The fraction of sp³-hybridized carbons (Fsp3) is 0.667. The Kier molecular flexibility index (Phi) is 3.86. The predicted octanol–water partition coefficient (Wildman–Crippen LogP) is 2.21. The molecular weight excluding hydrogens is 282 g/mol. The summed E-state index contributed by atoms with van der Waals surface area (Å²) in [5, 5.41) is 4.32. The van der Waals surface area contributed by atoms with Crippen LogP contribution in [0.2, 0.25) is 0 Å². The van der Waals surface area contributed by atoms with E-state index < -0.39 is 0 Å². The van der Waals surface area contributed by atoms with Crippen LogP contribution in [0.1, 0.15) is 35.9 Å². The lowest BCUT2D eigenvalue weighted by atomic mass is 10.1. The monoisotopic (exact) mass is 299 g/mol. The molecule has 0 saturated carbocycles. The highest BCUT2D eigenvalue weighted by atomic mass is 79.9. The zero-order valence-corrected chi connectivity index (χ0v) is 11.9. The third kappa shape index (κ3) is 2.70. The Morgan fingerprint density at radius 2 is 2.41 bits per heavy atom. The maximum atomic E-state index is 12.4. The van der Waals surface area contributed by atoms with Crippen molar-refractivity contribution in [2.24, 2.45) is 0 Å². The average molecular weight is 300 g/mol. The van der Waals surface area contributed by atoms with Gasteiger partial charge in [0.1, 0.15) is 5.69 Å². The van der Waals surface area contributed by atoms with Crippen LogP contribution < -0.4 is 0 Å². The molecule has 0 spiro atoms. The van der Waals surface area contributed by atoms with Crippen LogP contribution in [0.3, 0.4) is 0 Å². The lowest BCUT2D eigenvalue weighted by Gasteiger charge is -2.30. The van der Waals surface area contributed by atoms with Gasteiger partial charge in [-0.05, 0) is 32.8 Å². The van der Waals surface area contributed by atoms with Crippen LogP contribution in [-0.2, 0) is 6.54 Å². The number of halogens is 1. The molecule has 1 saturated heterocycles. The Hall–Kier alpha value is -0.840. The first-order valence-electron chi connectivity index (χ1n) is 6.09. The van der Waals surface area contributed by atoms with E-state index >= 15 is 0 Å². The summed E-state index contributed by atoms with van der Waals surface area (Å²) in [6, 6.07) is 1.88. The number of aromatic nitrogens is 2. The van der Waals surface area contributed by atoms with Gasteiger partial charge in [-0.2, -0.15) is 5.10 Å². The van der Waals surface area contributed by atoms with Gasteiger partial charge >= 0.3 is 0 Å². The molecule has 1 unspecified atom stereocenters. The SMILES string of the molecule is CCn1nc(C)cc1C(=O)N1CCCC(Br)C1. The Balaban J connectivity index is 2.18. The molecule has 1 fully saturated rings. The number of aryl methyl sites for hydroxylation is 2. The maximum Gasteiger partial charge on any atom is 0.272 e. The fourth-order valence-electron chi connectivity index (χ4n) is 2.23. The number of hydrogen-bond acceptors (Lipinski definition) is 2. The van der Waals surface area contributed by atoms with Crippen molar-refractivity contribution in [3.8, 4) is 0 Å². The van der Waals surface area contributed by atoms with E-state index in [0.717, 1.165) is 38.2 Å². The van der Waals surface area contributed by atoms with Gasteiger partial charge in [-0.1, -0.05) is 15.9 Å². The first kappa shape index (κ1) is 12.6. The van der Waals surface area contributed by atoms with Crippen molar-refractivity contribution in [2.75, 3.05) is 13.1 Å². The normalized spacial score (nSPS) is 20.6. The van der Waals surface area contributed by atoms with Gasteiger partial charge in [-0.15, -0.1) is 0 Å². The molecule has 2 rings (SSSR count). The summed E-state index contributed by atoms with van der Waals surface area (Å²) in [5.41, 5.74) is 1.62. The Labute approximate surface area is 110 Å². The summed E-state index contributed by atoms with van der Waals surface area (Å²) in [5.74, 6) is 0.108. The third-order valence-corrected chi connectivity index (χ3v) is 3.82. The smallest absolute Gasteiger partial charge is 0.272 e. The zero-order chi connectivity index (χ0) is 12.4. The highest BCUT2D eigenvalue weighted by Gasteiger charge is 2.25. The van der Waals surface area contributed by atoms with Crippen molar-refractivity contribution in [1.82, 2.24) is 14.7 Å². The van der Waals surface area contributed by atoms with E-state index in [1.165, 1.54) is 0 Å². The Bertz CT molecular complexity index is 416. The molecule has 1 amide bonds. The molecule has 1 aliphatic rings. The predicted molar refractivity (Wildman–Crippen MR) is 70.5 cm³/mol. The minimum Gasteiger partial charge on any atom is -0.336 e. The second-order valence-corrected chi connectivity index (χ2v) is 5.77. The number of rotatable bonds is 2. The lowest BCUT2D eigenvalue weighted by molar-refractivity contribution is 0.0717. The molecule has 4 nitrogen and oxygen atoms in total. The van der Waals surface area contributed by atoms with E-state index in [1.54, 1.807) is 4.68 Å². The second kappa shape index (κ2) is 5.21. The van der Waals surface area contributed by atoms with Crippen molar-refractivity contribution >= 4 is 21.8 Å². The van der Waals surface area contributed by atoms with Crippen molar-refractivity contribution in [1.29, 1.82) is 0 Å². The summed E-state index contributed by atoms with van der Waals surface area (Å²) in [4.78, 5) is 14.7. The highest BCUT2D eigenvalue weighted by Crippen LogP contribution is 2.19. The first-order valence-corrected chi connectivity index (χ1v) is 7.01. The summed E-state index contributed by atoms with van der Waals surface area (Å²) < 4.78 is 1.79. The fourth-order valence-corrected chi connectivity index (χ4v) is 2.90. The van der Waals surface area contributed by atoms with E-state index in [1.807, 2.05) is 24.8 Å². The standard InChI is InChI=1S/C12H18BrN3O/c1-3-16-11(7-9(2)14-16)12(17)15-6-4-5-10(13)8-15/h7,10H,3-6,8H2,1-2H3. The van der Waals surface area contributed by atoms with E-state index in [-0.39, 0.29) is 5.91 Å². The molecule has 94 valence electrons. The molecule has 0 N–H and O–H groups in total. The Morgan fingerprint density at radius 1 is 1.65 bits per heavy atom. The van der Waals surface area contributed by atoms with Crippen LogP contribution in [0.15, 0.2) is 6.07 Å². The molecule has 5 heteroatoms. The largest absolute Gasteiger partial charge is 0.336 e. The van der Waals surface area contributed by atoms with Crippen LogP contribution in [0.4, 0.5) is 0 Å². The molecule has 0 aromatic carbocycles. The van der Waals surface area contributed by atoms with Crippen LogP contribution in [0, 0.1) is 6.92 Å². The number of alkyl halides is 1. The van der Waals surface area contributed by atoms with E-state index in [2.05, 4.69) is 21.0 Å². The summed E-state index contributed by atoms with van der Waals surface area (Å²) >= 11 is 3.59. The molecule has 17 heavy (non-hydrogen) atoms. The summed E-state index contributed by atoms with van der Waals surface area (Å²) in [6.45, 7) is 6.32. The molecule has 0 aliphatic carbocycles. The molecule has 2 heterocycles. The van der Waals surface area contributed by atoms with Crippen molar-refractivity contribution in [3.63, 3.8) is 0 Å². The lowest BCUT2D eigenvalue weighted by Crippen LogP contribution is -2.41. The molecule has 1 aliphatic heterocycles. The molecule has 0 radical (unpaired) electrons. The minimum atomic E-state index is 0.108. The van der Waals surface area contributed by atoms with Gasteiger partial charge in [0, 0.05) is 24.5 Å². The molecular formula is C12H18BrN3O. The molecule has 1 atom stereocenters. The zero-order valence-electron chi connectivity index (χ0n) is 10.3. The van der Waals surface area contributed by atoms with Crippen molar-refractivity contribution in [2.45, 2.75) is 38.1 Å². The number of amides is 1. The van der Waals surface area contributed by atoms with Crippen LogP contribution >= 0.6 is 15.9 Å². The number of nitrogens with zero attached hydrogens (tertiary/aromatic N) is 3. The highest BCUT2D eigenvalue weighted by molar-refractivity contribution is 9.09. The first-order chi connectivity index (χ1) is 8.11. The number of carbonyl (C=O) groups excluding carboxylic acids is 1. The van der Waals surface area contributed by atoms with Gasteiger partial charge in [0.2, 0.25) is 0 Å². The molecule has 1 aromatic heterocycles. The van der Waals surface area contributed by atoms with E-state index in [4.69, 9.17) is 0 Å². The third-order valence-electron chi connectivity index (χ3n) is 3.07. The Morgan fingerprint density at radius 3 is 3.06 bits per heavy atom. The van der Waals surface area contributed by atoms with E-state index in [9.17, 15) is 4.79 Å². The number of hydrogen-bond donors (Lipinski definition) is 0. The molecule has 0 bridgehead atoms. The molecule has 1 aromatic rings. The quantitative estimate of drug-likeness (QED) is 0.785. The van der Waals surface area contributed by atoms with Gasteiger partial charge in [0.25, 0.3) is 5.91 Å². The summed E-state index contributed by atoms with van der Waals surface area (Å²) in [6.07, 6.45) is 2.22. The van der Waals surface area contributed by atoms with Gasteiger partial charge in [-0.25, -0.2) is 0 Å².